The molecule has 0 radical (unpaired) electrons. The highest BCUT2D eigenvalue weighted by atomic mass is 32.2. The van der Waals surface area contributed by atoms with Crippen LogP contribution in [0.1, 0.15) is 50.8 Å². The van der Waals surface area contributed by atoms with Crippen molar-refractivity contribution in [3.05, 3.63) is 24.0 Å². The maximum absolute atomic E-state index is 12.3. The first-order valence-electron chi connectivity index (χ1n) is 7.33. The van der Waals surface area contributed by atoms with Gasteiger partial charge >= 0.3 is 0 Å². The molecule has 1 aromatic rings. The van der Waals surface area contributed by atoms with Gasteiger partial charge in [0.05, 0.1) is 6.04 Å². The number of rotatable bonds is 7. The minimum atomic E-state index is 0.281. The molecule has 0 saturated carbocycles. The van der Waals surface area contributed by atoms with Crippen LogP contribution in [0.4, 0.5) is 0 Å². The van der Waals surface area contributed by atoms with Crippen LogP contribution in [-0.4, -0.2) is 33.8 Å². The molecule has 1 aromatic heterocycles. The van der Waals surface area contributed by atoms with E-state index in [0.29, 0.717) is 12.3 Å². The zero-order valence-corrected chi connectivity index (χ0v) is 12.5. The van der Waals surface area contributed by atoms with Crippen molar-refractivity contribution >= 4 is 17.7 Å². The average molecular weight is 280 g/mol. The van der Waals surface area contributed by atoms with Crippen LogP contribution in [0, 0.1) is 0 Å². The standard InChI is InChI=1S/C15H24N2OS/c1-2-3-11-19-12-8-15(18)17-10-5-7-14(17)13-6-4-9-16-13/h4,6,9,14,16H,2-3,5,7-8,10-12H2,1H3/t14-/m0/s1. The molecule has 106 valence electrons. The largest absolute Gasteiger partial charge is 0.363 e. The summed E-state index contributed by atoms with van der Waals surface area (Å²) in [5.74, 6) is 2.47. The Morgan fingerprint density at radius 1 is 1.53 bits per heavy atom. The number of aromatic amines is 1. The Kier molecular flexibility index (Phi) is 5.83. The summed E-state index contributed by atoms with van der Waals surface area (Å²) in [5, 5.41) is 0. The zero-order valence-electron chi connectivity index (χ0n) is 11.7. The van der Waals surface area contributed by atoms with E-state index < -0.39 is 0 Å². The molecule has 2 rings (SSSR count). The minimum absolute atomic E-state index is 0.281. The Balaban J connectivity index is 1.78. The second-order valence-corrected chi connectivity index (χ2v) is 6.31. The van der Waals surface area contributed by atoms with E-state index in [9.17, 15) is 4.79 Å². The van der Waals surface area contributed by atoms with Crippen molar-refractivity contribution in [1.29, 1.82) is 0 Å². The average Bonchev–Trinajstić information content (AvgIpc) is 3.08. The number of thioether (sulfide) groups is 1. The fourth-order valence-electron chi connectivity index (χ4n) is 2.59. The smallest absolute Gasteiger partial charge is 0.223 e. The Morgan fingerprint density at radius 2 is 2.42 bits per heavy atom. The molecular weight excluding hydrogens is 256 g/mol. The molecular formula is C15H24N2OS. The van der Waals surface area contributed by atoms with E-state index in [0.717, 1.165) is 25.1 Å². The van der Waals surface area contributed by atoms with Crippen LogP contribution in [0.3, 0.4) is 0 Å². The molecule has 1 saturated heterocycles. The van der Waals surface area contributed by atoms with Crippen LogP contribution in [0.5, 0.6) is 0 Å². The number of carbonyl (C=O) groups is 1. The number of nitrogens with one attached hydrogen (secondary N) is 1. The molecule has 3 nitrogen and oxygen atoms in total. The molecule has 1 aliphatic heterocycles. The van der Waals surface area contributed by atoms with Crippen molar-refractivity contribution in [1.82, 2.24) is 9.88 Å². The Labute approximate surface area is 120 Å². The number of unbranched alkanes of at least 4 members (excludes halogenated alkanes) is 1. The number of H-pyrrole nitrogens is 1. The highest BCUT2D eigenvalue weighted by molar-refractivity contribution is 7.99. The molecule has 0 unspecified atom stereocenters. The lowest BCUT2D eigenvalue weighted by molar-refractivity contribution is -0.131. The predicted octanol–water partition coefficient (Wildman–Crippen LogP) is 3.60. The van der Waals surface area contributed by atoms with Crippen molar-refractivity contribution < 1.29 is 4.79 Å². The first kappa shape index (κ1) is 14.5. The molecule has 4 heteroatoms. The summed E-state index contributed by atoms with van der Waals surface area (Å²) in [6.07, 6.45) is 7.34. The van der Waals surface area contributed by atoms with Crippen LogP contribution < -0.4 is 0 Å². The molecule has 0 bridgehead atoms. The fraction of sp³-hybridized carbons (Fsp3) is 0.667. The highest BCUT2D eigenvalue weighted by Gasteiger charge is 2.29. The number of hydrogen-bond donors (Lipinski definition) is 1. The summed E-state index contributed by atoms with van der Waals surface area (Å²) in [6.45, 7) is 3.12. The third kappa shape index (κ3) is 4.03. The molecule has 1 aliphatic rings. The van der Waals surface area contributed by atoms with Gasteiger partial charge in [0.15, 0.2) is 0 Å². The molecule has 1 N–H and O–H groups in total. The number of carbonyl (C=O) groups excluding carboxylic acids is 1. The third-order valence-corrected chi connectivity index (χ3v) is 4.73. The SMILES string of the molecule is CCCCSCCC(=O)N1CCC[C@H]1c1ccc[nH]1. The van der Waals surface area contributed by atoms with E-state index in [-0.39, 0.29) is 6.04 Å². The van der Waals surface area contributed by atoms with Crippen molar-refractivity contribution in [2.24, 2.45) is 0 Å². The molecule has 2 heterocycles. The third-order valence-electron chi connectivity index (χ3n) is 3.66. The van der Waals surface area contributed by atoms with E-state index in [2.05, 4.69) is 22.9 Å². The highest BCUT2D eigenvalue weighted by Crippen LogP contribution is 2.31. The van der Waals surface area contributed by atoms with Gasteiger partial charge in [-0.1, -0.05) is 13.3 Å². The van der Waals surface area contributed by atoms with Gasteiger partial charge in [0.2, 0.25) is 5.91 Å². The van der Waals surface area contributed by atoms with Crippen molar-refractivity contribution in [2.75, 3.05) is 18.1 Å². The lowest BCUT2D eigenvalue weighted by Crippen LogP contribution is -2.30. The Bertz CT molecular complexity index is 378. The van der Waals surface area contributed by atoms with E-state index in [1.54, 1.807) is 0 Å². The maximum atomic E-state index is 12.3. The van der Waals surface area contributed by atoms with Crippen molar-refractivity contribution in [2.45, 2.75) is 45.1 Å². The summed E-state index contributed by atoms with van der Waals surface area (Å²) in [7, 11) is 0. The van der Waals surface area contributed by atoms with Crippen LogP contribution in [-0.2, 0) is 4.79 Å². The monoisotopic (exact) mass is 280 g/mol. The van der Waals surface area contributed by atoms with Gasteiger partial charge in [0, 0.05) is 30.6 Å². The quantitative estimate of drug-likeness (QED) is 0.775. The van der Waals surface area contributed by atoms with Gasteiger partial charge in [-0.05, 0) is 37.1 Å². The first-order chi connectivity index (χ1) is 9.33. The molecule has 1 fully saturated rings. The molecule has 19 heavy (non-hydrogen) atoms. The number of amides is 1. The second kappa shape index (κ2) is 7.63. The summed E-state index contributed by atoms with van der Waals surface area (Å²) in [6, 6.07) is 4.38. The molecule has 1 amide bonds. The second-order valence-electron chi connectivity index (χ2n) is 5.09. The van der Waals surface area contributed by atoms with E-state index >= 15 is 0 Å². The number of aromatic nitrogens is 1. The minimum Gasteiger partial charge on any atom is -0.363 e. The van der Waals surface area contributed by atoms with Crippen LogP contribution in [0.15, 0.2) is 18.3 Å². The van der Waals surface area contributed by atoms with Gasteiger partial charge in [-0.3, -0.25) is 4.79 Å². The maximum Gasteiger partial charge on any atom is 0.223 e. The molecule has 0 spiro atoms. The van der Waals surface area contributed by atoms with Crippen molar-refractivity contribution in [3.8, 4) is 0 Å². The predicted molar refractivity (Wildman–Crippen MR) is 81.3 cm³/mol. The van der Waals surface area contributed by atoms with E-state index in [1.165, 1.54) is 24.3 Å². The normalized spacial score (nSPS) is 19.0. The van der Waals surface area contributed by atoms with Gasteiger partial charge < -0.3 is 9.88 Å². The van der Waals surface area contributed by atoms with E-state index in [1.807, 2.05) is 24.0 Å². The van der Waals surface area contributed by atoms with Crippen LogP contribution in [0.25, 0.3) is 0 Å². The number of likely N-dealkylation sites (tertiary alicyclic amines) is 1. The van der Waals surface area contributed by atoms with E-state index in [4.69, 9.17) is 0 Å². The number of nitrogens with zero attached hydrogens (tertiary/aromatic N) is 1. The fourth-order valence-corrected chi connectivity index (χ4v) is 3.61. The molecule has 0 aromatic carbocycles. The van der Waals surface area contributed by atoms with Gasteiger partial charge in [-0.15, -0.1) is 0 Å². The summed E-state index contributed by atoms with van der Waals surface area (Å²) < 4.78 is 0. The zero-order chi connectivity index (χ0) is 13.5. The first-order valence-corrected chi connectivity index (χ1v) is 8.49. The van der Waals surface area contributed by atoms with Gasteiger partial charge in [0.1, 0.15) is 0 Å². The Hall–Kier alpha value is -0.900. The van der Waals surface area contributed by atoms with Crippen LogP contribution in [0.2, 0.25) is 0 Å². The molecule has 0 aliphatic carbocycles. The van der Waals surface area contributed by atoms with Crippen molar-refractivity contribution in [3.63, 3.8) is 0 Å². The summed E-state index contributed by atoms with van der Waals surface area (Å²) in [4.78, 5) is 17.6. The lowest BCUT2D eigenvalue weighted by Gasteiger charge is -2.24. The molecule has 1 atom stereocenters. The van der Waals surface area contributed by atoms with Gasteiger partial charge in [0.25, 0.3) is 0 Å². The van der Waals surface area contributed by atoms with Gasteiger partial charge in [-0.2, -0.15) is 11.8 Å². The summed E-state index contributed by atoms with van der Waals surface area (Å²) in [5.41, 5.74) is 1.18. The van der Waals surface area contributed by atoms with Gasteiger partial charge in [-0.25, -0.2) is 0 Å². The topological polar surface area (TPSA) is 36.1 Å². The summed E-state index contributed by atoms with van der Waals surface area (Å²) >= 11 is 1.91. The lowest BCUT2D eigenvalue weighted by atomic mass is 10.1. The van der Waals surface area contributed by atoms with Crippen LogP contribution >= 0.6 is 11.8 Å². The number of hydrogen-bond acceptors (Lipinski definition) is 2. The Morgan fingerprint density at radius 3 is 3.16 bits per heavy atom.